The van der Waals surface area contributed by atoms with Crippen molar-refractivity contribution < 1.29 is 27.7 Å². The zero-order valence-electron chi connectivity index (χ0n) is 20.4. The van der Waals surface area contributed by atoms with E-state index < -0.39 is 9.84 Å². The lowest BCUT2D eigenvalue weighted by Crippen LogP contribution is -2.02. The van der Waals surface area contributed by atoms with E-state index in [-0.39, 0.29) is 16.4 Å². The molecule has 0 aliphatic heterocycles. The molecule has 0 aliphatic rings. The molecule has 0 fully saturated rings. The molecule has 0 radical (unpaired) electrons. The van der Waals surface area contributed by atoms with Crippen LogP contribution < -0.4 is 14.2 Å². The van der Waals surface area contributed by atoms with Gasteiger partial charge in [-0.3, -0.25) is 0 Å². The van der Waals surface area contributed by atoms with Crippen molar-refractivity contribution in [3.8, 4) is 23.0 Å². The molecule has 0 saturated heterocycles. The van der Waals surface area contributed by atoms with Crippen LogP contribution in [0.15, 0.2) is 94.7 Å². The normalized spacial score (nSPS) is 11.2. The quantitative estimate of drug-likeness (QED) is 0.314. The molecule has 0 spiro atoms. The van der Waals surface area contributed by atoms with Gasteiger partial charge in [-0.25, -0.2) is 8.42 Å². The Morgan fingerprint density at radius 1 is 0.694 bits per heavy atom. The molecule has 0 atom stereocenters. The van der Waals surface area contributed by atoms with Gasteiger partial charge in [0.25, 0.3) is 0 Å². The first-order valence-electron chi connectivity index (χ1n) is 11.4. The molecule has 4 aromatic rings. The minimum Gasteiger partial charge on any atom is -0.493 e. The number of sulfone groups is 1. The number of hydrogen-bond acceptors (Lipinski definition) is 6. The topological polar surface area (TPSA) is 82.1 Å². The van der Waals surface area contributed by atoms with E-state index in [1.165, 1.54) is 12.1 Å². The zero-order valence-corrected chi connectivity index (χ0v) is 21.2. The van der Waals surface area contributed by atoms with Gasteiger partial charge in [0.2, 0.25) is 9.84 Å². The molecule has 36 heavy (non-hydrogen) atoms. The predicted octanol–water partition coefficient (Wildman–Crippen LogP) is 5.72. The van der Waals surface area contributed by atoms with Gasteiger partial charge in [0, 0.05) is 5.56 Å². The lowest BCUT2D eigenvalue weighted by molar-refractivity contribution is 0.276. The number of aliphatic hydroxyl groups is 1. The average Bonchev–Trinajstić information content (AvgIpc) is 2.90. The van der Waals surface area contributed by atoms with Crippen molar-refractivity contribution >= 4 is 9.84 Å². The second-order valence-corrected chi connectivity index (χ2v) is 10.3. The fourth-order valence-electron chi connectivity index (χ4n) is 3.86. The van der Waals surface area contributed by atoms with Crippen LogP contribution in [0.1, 0.15) is 22.3 Å². The Hall–Kier alpha value is -3.81. The summed E-state index contributed by atoms with van der Waals surface area (Å²) >= 11 is 0. The van der Waals surface area contributed by atoms with Crippen molar-refractivity contribution in [2.45, 2.75) is 29.7 Å². The van der Waals surface area contributed by atoms with Crippen molar-refractivity contribution in [3.63, 3.8) is 0 Å². The summed E-state index contributed by atoms with van der Waals surface area (Å²) in [5, 5.41) is 9.94. The summed E-state index contributed by atoms with van der Waals surface area (Å²) < 4.78 is 42.4. The Bertz CT molecular complexity index is 1440. The molecular formula is C29H28O6S. The van der Waals surface area contributed by atoms with Crippen LogP contribution in [0.5, 0.6) is 23.0 Å². The highest BCUT2D eigenvalue weighted by atomic mass is 32.2. The first-order valence-corrected chi connectivity index (χ1v) is 12.9. The van der Waals surface area contributed by atoms with Crippen molar-refractivity contribution in [3.05, 3.63) is 107 Å². The highest BCUT2D eigenvalue weighted by Crippen LogP contribution is 2.31. The lowest BCUT2D eigenvalue weighted by Gasteiger charge is -2.13. The molecule has 0 unspecified atom stereocenters. The number of methoxy groups -OCH3 is 2. The van der Waals surface area contributed by atoms with Crippen molar-refractivity contribution in [1.82, 2.24) is 0 Å². The van der Waals surface area contributed by atoms with Crippen LogP contribution in [0.4, 0.5) is 0 Å². The summed E-state index contributed by atoms with van der Waals surface area (Å²) in [6, 6.07) is 24.4. The summed E-state index contributed by atoms with van der Waals surface area (Å²) in [5.74, 6) is 2.30. The molecule has 4 aromatic carbocycles. The molecule has 0 bridgehead atoms. The molecule has 6 nitrogen and oxygen atoms in total. The number of hydrogen-bond donors (Lipinski definition) is 1. The smallest absolute Gasteiger partial charge is 0.206 e. The van der Waals surface area contributed by atoms with E-state index in [9.17, 15) is 13.5 Å². The number of benzene rings is 4. The van der Waals surface area contributed by atoms with Gasteiger partial charge in [-0.1, -0.05) is 29.8 Å². The van der Waals surface area contributed by atoms with E-state index in [2.05, 4.69) is 0 Å². The maximum atomic E-state index is 12.9. The number of aliphatic hydroxyl groups excluding tert-OH is 1. The summed E-state index contributed by atoms with van der Waals surface area (Å²) in [6.45, 7) is 1.71. The fraction of sp³-hybridized carbons (Fsp3) is 0.172. The average molecular weight is 505 g/mol. The van der Waals surface area contributed by atoms with Gasteiger partial charge in [-0.05, 0) is 85.1 Å². The number of rotatable bonds is 9. The minimum atomic E-state index is -3.62. The largest absolute Gasteiger partial charge is 0.493 e. The van der Waals surface area contributed by atoms with Gasteiger partial charge in [0.15, 0.2) is 11.5 Å². The summed E-state index contributed by atoms with van der Waals surface area (Å²) in [7, 11) is -0.419. The van der Waals surface area contributed by atoms with E-state index in [0.717, 1.165) is 16.7 Å². The Morgan fingerprint density at radius 2 is 1.25 bits per heavy atom. The van der Waals surface area contributed by atoms with Crippen LogP contribution in [0, 0.1) is 6.92 Å². The summed E-state index contributed by atoms with van der Waals surface area (Å²) in [6.07, 6.45) is 0.638. The molecule has 0 saturated carbocycles. The minimum absolute atomic E-state index is 0.186. The zero-order chi connectivity index (χ0) is 25.7. The maximum Gasteiger partial charge on any atom is 0.206 e. The van der Waals surface area contributed by atoms with Gasteiger partial charge in [-0.15, -0.1) is 0 Å². The van der Waals surface area contributed by atoms with Crippen LogP contribution in [-0.2, 0) is 22.9 Å². The van der Waals surface area contributed by atoms with Gasteiger partial charge in [-0.2, -0.15) is 0 Å². The van der Waals surface area contributed by atoms with Crippen LogP contribution in [-0.4, -0.2) is 27.7 Å². The predicted molar refractivity (Wildman–Crippen MR) is 138 cm³/mol. The number of aryl methyl sites for hydroxylation is 1. The third-order valence-corrected chi connectivity index (χ3v) is 7.63. The number of ether oxygens (including phenoxy) is 3. The Balaban J connectivity index is 1.51. The molecule has 7 heteroatoms. The van der Waals surface area contributed by atoms with Gasteiger partial charge < -0.3 is 19.3 Å². The van der Waals surface area contributed by atoms with E-state index in [1.54, 1.807) is 56.7 Å². The highest BCUT2D eigenvalue weighted by molar-refractivity contribution is 7.91. The summed E-state index contributed by atoms with van der Waals surface area (Å²) in [4.78, 5) is 0.431. The van der Waals surface area contributed by atoms with Gasteiger partial charge in [0.1, 0.15) is 11.5 Å². The van der Waals surface area contributed by atoms with Gasteiger partial charge >= 0.3 is 0 Å². The first kappa shape index (κ1) is 25.3. The molecular weight excluding hydrogens is 476 g/mol. The highest BCUT2D eigenvalue weighted by Gasteiger charge is 2.17. The third-order valence-electron chi connectivity index (χ3n) is 5.84. The van der Waals surface area contributed by atoms with E-state index in [1.807, 2.05) is 37.3 Å². The van der Waals surface area contributed by atoms with Crippen molar-refractivity contribution in [2.24, 2.45) is 0 Å². The molecule has 0 amide bonds. The van der Waals surface area contributed by atoms with Gasteiger partial charge in [0.05, 0.1) is 30.6 Å². The van der Waals surface area contributed by atoms with Crippen LogP contribution in [0.25, 0.3) is 0 Å². The Labute approximate surface area is 211 Å². The van der Waals surface area contributed by atoms with E-state index >= 15 is 0 Å². The van der Waals surface area contributed by atoms with Crippen LogP contribution in [0.3, 0.4) is 0 Å². The maximum absolute atomic E-state index is 12.9. The Kier molecular flexibility index (Phi) is 7.62. The standard InChI is InChI=1S/C29H28O6S/c1-20-4-10-25(11-5-20)36(31,32)26-12-8-24(9-13-26)35-27-14-6-21(17-23(27)19-30)16-22-7-15-28(33-2)29(18-22)34-3/h4-15,17-18,30H,16,19H2,1-3H3. The molecule has 0 aliphatic carbocycles. The third kappa shape index (κ3) is 5.53. The molecule has 0 heterocycles. The SMILES string of the molecule is COc1ccc(Cc2ccc(Oc3ccc(S(=O)(=O)c4ccc(C)cc4)cc3)c(CO)c2)cc1OC. The van der Waals surface area contributed by atoms with E-state index in [4.69, 9.17) is 14.2 Å². The van der Waals surface area contributed by atoms with Crippen molar-refractivity contribution in [1.29, 1.82) is 0 Å². The van der Waals surface area contributed by atoms with Crippen molar-refractivity contribution in [2.75, 3.05) is 14.2 Å². The monoisotopic (exact) mass is 504 g/mol. The Morgan fingerprint density at radius 3 is 1.83 bits per heavy atom. The second-order valence-electron chi connectivity index (χ2n) is 8.36. The molecule has 0 aromatic heterocycles. The lowest BCUT2D eigenvalue weighted by atomic mass is 10.0. The van der Waals surface area contributed by atoms with Crippen LogP contribution >= 0.6 is 0 Å². The molecule has 186 valence electrons. The summed E-state index contributed by atoms with van der Waals surface area (Å²) in [5.41, 5.74) is 3.66. The second kappa shape index (κ2) is 10.8. The molecule has 1 N–H and O–H groups in total. The van der Waals surface area contributed by atoms with Crippen LogP contribution in [0.2, 0.25) is 0 Å². The van der Waals surface area contributed by atoms with E-state index in [0.29, 0.717) is 35.0 Å². The fourth-order valence-corrected chi connectivity index (χ4v) is 5.12. The first-order chi connectivity index (χ1) is 17.3. The molecule has 4 rings (SSSR count).